The number of aliphatic hydroxyl groups excluding tert-OH is 1. The smallest absolute Gasteiger partial charge is 0.122 e. The molecule has 0 saturated carbocycles. The maximum atomic E-state index is 13.1. The molecular formula is C7H14FNO. The summed E-state index contributed by atoms with van der Waals surface area (Å²) in [5, 5.41) is 8.76. The topological polar surface area (TPSA) is 23.5 Å². The molecule has 1 aliphatic heterocycles. The third-order valence-electron chi connectivity index (χ3n) is 2.07. The van der Waals surface area contributed by atoms with Crippen molar-refractivity contribution in [3.8, 4) is 0 Å². The minimum atomic E-state index is -1.10. The van der Waals surface area contributed by atoms with Gasteiger partial charge in [0.2, 0.25) is 0 Å². The normalized spacial score (nSPS) is 42.6. The van der Waals surface area contributed by atoms with Gasteiger partial charge in [0, 0.05) is 19.0 Å². The predicted octanol–water partition coefficient (Wildman–Crippen LogP) is 0.411. The Morgan fingerprint density at radius 3 is 2.60 bits per heavy atom. The van der Waals surface area contributed by atoms with Crippen molar-refractivity contribution in [2.24, 2.45) is 0 Å². The maximum absolute atomic E-state index is 13.1. The molecule has 0 radical (unpaired) electrons. The third kappa shape index (κ3) is 1.47. The van der Waals surface area contributed by atoms with Crippen LogP contribution in [0.5, 0.6) is 0 Å². The standard InChI is InChI=1S/C7H14FNO/c1-7(8)3-6(4-10)9(2)5-7/h6,10H,3-5H2,1-2H3. The van der Waals surface area contributed by atoms with Crippen molar-refractivity contribution >= 4 is 0 Å². The molecule has 0 bridgehead atoms. The van der Waals surface area contributed by atoms with Gasteiger partial charge in [-0.1, -0.05) is 0 Å². The van der Waals surface area contributed by atoms with Crippen LogP contribution in [0.2, 0.25) is 0 Å². The second-order valence-corrected chi connectivity index (χ2v) is 3.37. The number of hydrogen-bond acceptors (Lipinski definition) is 2. The fourth-order valence-electron chi connectivity index (χ4n) is 1.56. The minimum Gasteiger partial charge on any atom is -0.395 e. The number of likely N-dealkylation sites (N-methyl/N-ethyl adjacent to an activating group) is 1. The number of likely N-dealkylation sites (tertiary alicyclic amines) is 1. The first kappa shape index (κ1) is 7.95. The molecule has 1 heterocycles. The fraction of sp³-hybridized carbons (Fsp3) is 1.00. The van der Waals surface area contributed by atoms with Gasteiger partial charge in [-0.3, -0.25) is 4.90 Å². The molecule has 2 nitrogen and oxygen atoms in total. The Labute approximate surface area is 60.6 Å². The first-order valence-corrected chi connectivity index (χ1v) is 3.55. The molecule has 2 atom stereocenters. The summed E-state index contributed by atoms with van der Waals surface area (Å²) in [4.78, 5) is 1.86. The van der Waals surface area contributed by atoms with E-state index in [1.54, 1.807) is 6.92 Å². The largest absolute Gasteiger partial charge is 0.395 e. The lowest BCUT2D eigenvalue weighted by Gasteiger charge is -2.14. The fourth-order valence-corrected chi connectivity index (χ4v) is 1.56. The van der Waals surface area contributed by atoms with Gasteiger partial charge in [-0.05, 0) is 14.0 Å². The van der Waals surface area contributed by atoms with E-state index in [4.69, 9.17) is 5.11 Å². The van der Waals surface area contributed by atoms with E-state index in [-0.39, 0.29) is 12.6 Å². The molecule has 1 N–H and O–H groups in total. The van der Waals surface area contributed by atoms with Crippen LogP contribution in [0, 0.1) is 0 Å². The minimum absolute atomic E-state index is 0.0231. The lowest BCUT2D eigenvalue weighted by atomic mass is 10.1. The Bertz CT molecular complexity index is 127. The molecule has 1 fully saturated rings. The van der Waals surface area contributed by atoms with E-state index in [9.17, 15) is 4.39 Å². The summed E-state index contributed by atoms with van der Waals surface area (Å²) in [7, 11) is 1.84. The van der Waals surface area contributed by atoms with Crippen molar-refractivity contribution in [2.75, 3.05) is 20.2 Å². The van der Waals surface area contributed by atoms with Gasteiger partial charge in [-0.15, -0.1) is 0 Å². The molecule has 0 aromatic rings. The summed E-state index contributed by atoms with van der Waals surface area (Å²) < 4.78 is 13.1. The van der Waals surface area contributed by atoms with Gasteiger partial charge in [-0.25, -0.2) is 4.39 Å². The Morgan fingerprint density at radius 2 is 2.40 bits per heavy atom. The van der Waals surface area contributed by atoms with Crippen molar-refractivity contribution in [3.05, 3.63) is 0 Å². The summed E-state index contributed by atoms with van der Waals surface area (Å²) in [6, 6.07) is 0.0231. The van der Waals surface area contributed by atoms with Gasteiger partial charge in [0.25, 0.3) is 0 Å². The number of aliphatic hydroxyl groups is 1. The summed E-state index contributed by atoms with van der Waals surface area (Å²) in [6.07, 6.45) is 0.458. The molecule has 1 saturated heterocycles. The predicted molar refractivity (Wildman–Crippen MR) is 37.6 cm³/mol. The number of hydrogen-bond donors (Lipinski definition) is 1. The average Bonchev–Trinajstić information content (AvgIpc) is 2.05. The lowest BCUT2D eigenvalue weighted by molar-refractivity contribution is 0.181. The molecule has 1 aliphatic rings. The number of halogens is 1. The van der Waals surface area contributed by atoms with Crippen LogP contribution in [-0.4, -0.2) is 41.9 Å². The van der Waals surface area contributed by atoms with Crippen LogP contribution in [0.4, 0.5) is 4.39 Å². The van der Waals surface area contributed by atoms with Gasteiger partial charge >= 0.3 is 0 Å². The quantitative estimate of drug-likeness (QED) is 0.580. The van der Waals surface area contributed by atoms with E-state index in [0.29, 0.717) is 13.0 Å². The van der Waals surface area contributed by atoms with Crippen molar-refractivity contribution in [3.63, 3.8) is 0 Å². The van der Waals surface area contributed by atoms with Gasteiger partial charge in [-0.2, -0.15) is 0 Å². The summed E-state index contributed by atoms with van der Waals surface area (Å²) >= 11 is 0. The Balaban J connectivity index is 2.52. The molecule has 3 heteroatoms. The molecule has 60 valence electrons. The highest BCUT2D eigenvalue weighted by atomic mass is 19.1. The first-order valence-electron chi connectivity index (χ1n) is 3.55. The van der Waals surface area contributed by atoms with Crippen LogP contribution in [0.25, 0.3) is 0 Å². The molecule has 10 heavy (non-hydrogen) atoms. The van der Waals surface area contributed by atoms with E-state index >= 15 is 0 Å². The van der Waals surface area contributed by atoms with Crippen LogP contribution in [0.3, 0.4) is 0 Å². The second-order valence-electron chi connectivity index (χ2n) is 3.37. The zero-order valence-electron chi connectivity index (χ0n) is 6.47. The van der Waals surface area contributed by atoms with Gasteiger partial charge < -0.3 is 5.11 Å². The highest BCUT2D eigenvalue weighted by Gasteiger charge is 2.38. The summed E-state index contributed by atoms with van der Waals surface area (Å²) in [5.74, 6) is 0. The van der Waals surface area contributed by atoms with Crippen LogP contribution in [0.15, 0.2) is 0 Å². The zero-order valence-corrected chi connectivity index (χ0v) is 6.47. The van der Waals surface area contributed by atoms with Gasteiger partial charge in [0.05, 0.1) is 6.61 Å². The molecule has 0 aliphatic carbocycles. The second kappa shape index (κ2) is 2.47. The van der Waals surface area contributed by atoms with Crippen LogP contribution in [-0.2, 0) is 0 Å². The Hall–Kier alpha value is -0.150. The zero-order chi connectivity index (χ0) is 7.78. The third-order valence-corrected chi connectivity index (χ3v) is 2.07. The molecule has 1 rings (SSSR count). The Kier molecular flexibility index (Phi) is 1.97. The monoisotopic (exact) mass is 147 g/mol. The van der Waals surface area contributed by atoms with E-state index < -0.39 is 5.67 Å². The highest BCUT2D eigenvalue weighted by molar-refractivity contribution is 4.91. The number of alkyl halides is 1. The van der Waals surface area contributed by atoms with E-state index in [1.165, 1.54) is 0 Å². The SMILES string of the molecule is CN1CC(C)(F)CC1CO. The van der Waals surface area contributed by atoms with Gasteiger partial charge in [0.15, 0.2) is 0 Å². The maximum Gasteiger partial charge on any atom is 0.122 e. The molecule has 2 unspecified atom stereocenters. The van der Waals surface area contributed by atoms with Crippen molar-refractivity contribution < 1.29 is 9.50 Å². The molecule has 0 aromatic heterocycles. The summed E-state index contributed by atoms with van der Waals surface area (Å²) in [6.45, 7) is 2.09. The molecule has 0 amide bonds. The highest BCUT2D eigenvalue weighted by Crippen LogP contribution is 2.28. The molecule has 0 aromatic carbocycles. The van der Waals surface area contributed by atoms with Crippen LogP contribution < -0.4 is 0 Å². The number of rotatable bonds is 1. The van der Waals surface area contributed by atoms with Gasteiger partial charge in [0.1, 0.15) is 5.67 Å². The molecule has 0 spiro atoms. The number of nitrogens with zero attached hydrogens (tertiary/aromatic N) is 1. The van der Waals surface area contributed by atoms with Crippen molar-refractivity contribution in [1.29, 1.82) is 0 Å². The van der Waals surface area contributed by atoms with Crippen molar-refractivity contribution in [1.82, 2.24) is 4.90 Å². The Morgan fingerprint density at radius 1 is 1.80 bits per heavy atom. The first-order chi connectivity index (χ1) is 4.55. The van der Waals surface area contributed by atoms with Crippen LogP contribution in [0.1, 0.15) is 13.3 Å². The molecular weight excluding hydrogens is 133 g/mol. The van der Waals surface area contributed by atoms with E-state index in [2.05, 4.69) is 0 Å². The van der Waals surface area contributed by atoms with E-state index in [1.807, 2.05) is 11.9 Å². The van der Waals surface area contributed by atoms with E-state index in [0.717, 1.165) is 0 Å². The summed E-state index contributed by atoms with van der Waals surface area (Å²) in [5.41, 5.74) is -1.10. The average molecular weight is 147 g/mol. The van der Waals surface area contributed by atoms with Crippen molar-refractivity contribution in [2.45, 2.75) is 25.1 Å². The lowest BCUT2D eigenvalue weighted by Crippen LogP contribution is -2.28. The van der Waals surface area contributed by atoms with Crippen LogP contribution >= 0.6 is 0 Å².